The first-order chi connectivity index (χ1) is 9.95. The van der Waals surface area contributed by atoms with Gasteiger partial charge in [-0.15, -0.1) is 0 Å². The number of aromatic carboxylic acids is 1. The maximum Gasteiger partial charge on any atom is 0.339 e. The summed E-state index contributed by atoms with van der Waals surface area (Å²) in [6, 6.07) is 3.15. The fourth-order valence-corrected chi connectivity index (χ4v) is 2.01. The monoisotopic (exact) mass is 293 g/mol. The fraction of sp³-hybridized carbons (Fsp3) is 0.308. The molecule has 0 aliphatic carbocycles. The van der Waals surface area contributed by atoms with Gasteiger partial charge in [0.05, 0.1) is 0 Å². The molecule has 1 aromatic rings. The summed E-state index contributed by atoms with van der Waals surface area (Å²) in [5.41, 5.74) is 0.0279. The first-order valence-electron chi connectivity index (χ1n) is 6.36. The summed E-state index contributed by atoms with van der Waals surface area (Å²) < 4.78 is 0. The molecule has 8 nitrogen and oxygen atoms in total. The average molecular weight is 293 g/mol. The smallest absolute Gasteiger partial charge is 0.339 e. The number of rotatable bonds is 4. The van der Waals surface area contributed by atoms with E-state index in [9.17, 15) is 19.5 Å². The summed E-state index contributed by atoms with van der Waals surface area (Å²) >= 11 is 0. The third-order valence-corrected chi connectivity index (χ3v) is 3.08. The van der Waals surface area contributed by atoms with Crippen molar-refractivity contribution in [3.63, 3.8) is 0 Å². The first-order valence-corrected chi connectivity index (χ1v) is 6.36. The highest BCUT2D eigenvalue weighted by Crippen LogP contribution is 2.21. The highest BCUT2D eigenvalue weighted by Gasteiger charge is 2.20. The number of aromatic hydroxyl groups is 1. The van der Waals surface area contributed by atoms with Crippen LogP contribution in [0.5, 0.6) is 5.75 Å². The van der Waals surface area contributed by atoms with E-state index in [0.29, 0.717) is 19.4 Å². The van der Waals surface area contributed by atoms with Crippen LogP contribution >= 0.6 is 0 Å². The van der Waals surface area contributed by atoms with Crippen LogP contribution < -0.4 is 16.0 Å². The van der Waals surface area contributed by atoms with Gasteiger partial charge in [0.15, 0.2) is 0 Å². The highest BCUT2D eigenvalue weighted by atomic mass is 16.4. The van der Waals surface area contributed by atoms with Crippen molar-refractivity contribution in [2.75, 3.05) is 11.9 Å². The Balaban J connectivity index is 1.86. The van der Waals surface area contributed by atoms with Crippen molar-refractivity contribution < 1.29 is 24.6 Å². The first kappa shape index (κ1) is 14.6. The molecule has 112 valence electrons. The fourth-order valence-electron chi connectivity index (χ4n) is 2.01. The van der Waals surface area contributed by atoms with Gasteiger partial charge in [-0.3, -0.25) is 4.79 Å². The molecule has 1 unspecified atom stereocenters. The lowest BCUT2D eigenvalue weighted by molar-refractivity contribution is -0.119. The second-order valence-electron chi connectivity index (χ2n) is 4.68. The van der Waals surface area contributed by atoms with Crippen LogP contribution in [-0.4, -0.2) is 40.7 Å². The number of phenols is 1. The third kappa shape index (κ3) is 3.85. The summed E-state index contributed by atoms with van der Waals surface area (Å²) in [6.45, 7) is 0.302. The number of hydrogen-bond acceptors (Lipinski definition) is 4. The number of urea groups is 1. The molecule has 1 heterocycles. The zero-order valence-corrected chi connectivity index (χ0v) is 11.0. The van der Waals surface area contributed by atoms with E-state index in [1.54, 1.807) is 0 Å². The number of carboxylic acids is 1. The van der Waals surface area contributed by atoms with Gasteiger partial charge in [-0.05, 0) is 18.6 Å². The summed E-state index contributed by atoms with van der Waals surface area (Å²) in [6.07, 6.45) is 1.13. The largest absolute Gasteiger partial charge is 0.507 e. The summed E-state index contributed by atoms with van der Waals surface area (Å²) in [5.74, 6) is -1.71. The van der Waals surface area contributed by atoms with Gasteiger partial charge in [0.2, 0.25) is 5.91 Å². The van der Waals surface area contributed by atoms with Gasteiger partial charge in [0.1, 0.15) is 11.3 Å². The van der Waals surface area contributed by atoms with Crippen molar-refractivity contribution in [3.8, 4) is 5.75 Å². The lowest BCUT2D eigenvalue weighted by Gasteiger charge is -2.12. The van der Waals surface area contributed by atoms with E-state index in [1.165, 1.54) is 12.1 Å². The molecular weight excluding hydrogens is 278 g/mol. The van der Waals surface area contributed by atoms with Crippen LogP contribution in [0.25, 0.3) is 0 Å². The number of hydrogen-bond donors (Lipinski definition) is 5. The molecule has 0 bridgehead atoms. The predicted octanol–water partition coefficient (Wildman–Crippen LogP) is 0.491. The van der Waals surface area contributed by atoms with E-state index in [4.69, 9.17) is 5.11 Å². The van der Waals surface area contributed by atoms with Gasteiger partial charge in [0.25, 0.3) is 0 Å². The molecule has 3 amide bonds. The van der Waals surface area contributed by atoms with Crippen molar-refractivity contribution in [2.24, 2.45) is 0 Å². The van der Waals surface area contributed by atoms with Gasteiger partial charge < -0.3 is 26.2 Å². The van der Waals surface area contributed by atoms with Crippen LogP contribution in [0.15, 0.2) is 18.2 Å². The Hall–Kier alpha value is -2.77. The van der Waals surface area contributed by atoms with Crippen LogP contribution in [0.3, 0.4) is 0 Å². The van der Waals surface area contributed by atoms with Gasteiger partial charge >= 0.3 is 12.0 Å². The summed E-state index contributed by atoms with van der Waals surface area (Å²) in [4.78, 5) is 33.4. The van der Waals surface area contributed by atoms with E-state index >= 15 is 0 Å². The maximum absolute atomic E-state index is 11.6. The molecule has 2 rings (SSSR count). The number of carbonyl (C=O) groups excluding carboxylic acids is 2. The van der Waals surface area contributed by atoms with E-state index in [0.717, 1.165) is 6.07 Å². The number of amides is 3. The Labute approximate surface area is 120 Å². The summed E-state index contributed by atoms with van der Waals surface area (Å²) in [7, 11) is 0. The topological polar surface area (TPSA) is 128 Å². The number of anilines is 1. The van der Waals surface area contributed by atoms with Crippen LogP contribution in [-0.2, 0) is 4.79 Å². The standard InChI is InChI=1S/C13H15N3O5/c17-10-5-7(1-3-9(10)12(19)20)16-13(21)14-6-8-2-4-11(18)15-8/h1,3,5,8,17H,2,4,6H2,(H,15,18)(H,19,20)(H2,14,16,21). The molecule has 1 fully saturated rings. The van der Waals surface area contributed by atoms with Gasteiger partial charge in [-0.1, -0.05) is 0 Å². The van der Waals surface area contributed by atoms with E-state index < -0.39 is 17.7 Å². The predicted molar refractivity (Wildman–Crippen MR) is 73.3 cm³/mol. The number of benzene rings is 1. The molecule has 1 aromatic carbocycles. The number of carboxylic acid groups (broad SMARTS) is 1. The zero-order valence-electron chi connectivity index (χ0n) is 11.0. The van der Waals surface area contributed by atoms with Crippen LogP contribution in [0.4, 0.5) is 10.5 Å². The lowest BCUT2D eigenvalue weighted by Crippen LogP contribution is -2.40. The van der Waals surface area contributed by atoms with Gasteiger partial charge in [0, 0.05) is 30.8 Å². The van der Waals surface area contributed by atoms with Crippen LogP contribution in [0, 0.1) is 0 Å². The molecule has 0 saturated carbocycles. The van der Waals surface area contributed by atoms with E-state index in [2.05, 4.69) is 16.0 Å². The van der Waals surface area contributed by atoms with Crippen LogP contribution in [0.2, 0.25) is 0 Å². The van der Waals surface area contributed by atoms with E-state index in [-0.39, 0.29) is 23.2 Å². The molecule has 0 radical (unpaired) electrons. The Bertz CT molecular complexity index is 587. The Morgan fingerprint density at radius 1 is 1.38 bits per heavy atom. The minimum Gasteiger partial charge on any atom is -0.507 e. The minimum absolute atomic E-state index is 0.0311. The quantitative estimate of drug-likeness (QED) is 0.552. The van der Waals surface area contributed by atoms with Crippen molar-refractivity contribution >= 4 is 23.6 Å². The molecule has 1 aliphatic heterocycles. The molecule has 1 saturated heterocycles. The molecule has 1 aliphatic rings. The summed E-state index contributed by atoms with van der Waals surface area (Å²) in [5, 5.41) is 26.0. The van der Waals surface area contributed by atoms with Crippen molar-refractivity contribution in [2.45, 2.75) is 18.9 Å². The lowest BCUT2D eigenvalue weighted by atomic mass is 10.2. The maximum atomic E-state index is 11.6. The van der Waals surface area contributed by atoms with Gasteiger partial charge in [-0.2, -0.15) is 0 Å². The molecular formula is C13H15N3O5. The number of nitrogens with one attached hydrogen (secondary N) is 3. The molecule has 0 spiro atoms. The SMILES string of the molecule is O=C1CCC(CNC(=O)Nc2ccc(C(=O)O)c(O)c2)N1. The zero-order chi connectivity index (χ0) is 15.4. The normalized spacial score (nSPS) is 17.1. The second kappa shape index (κ2) is 6.12. The van der Waals surface area contributed by atoms with Crippen molar-refractivity contribution in [3.05, 3.63) is 23.8 Å². The second-order valence-corrected chi connectivity index (χ2v) is 4.68. The van der Waals surface area contributed by atoms with E-state index in [1.807, 2.05) is 0 Å². The third-order valence-electron chi connectivity index (χ3n) is 3.08. The molecule has 1 atom stereocenters. The molecule has 5 N–H and O–H groups in total. The average Bonchev–Trinajstić information content (AvgIpc) is 2.82. The Morgan fingerprint density at radius 2 is 2.14 bits per heavy atom. The molecule has 21 heavy (non-hydrogen) atoms. The molecule has 8 heteroatoms. The Kier molecular flexibility index (Phi) is 4.27. The number of carbonyl (C=O) groups is 3. The van der Waals surface area contributed by atoms with Gasteiger partial charge in [-0.25, -0.2) is 9.59 Å². The van der Waals surface area contributed by atoms with Crippen molar-refractivity contribution in [1.82, 2.24) is 10.6 Å². The van der Waals surface area contributed by atoms with Crippen LogP contribution in [0.1, 0.15) is 23.2 Å². The Morgan fingerprint density at radius 3 is 2.71 bits per heavy atom. The minimum atomic E-state index is -1.25. The molecule has 0 aromatic heterocycles. The highest BCUT2D eigenvalue weighted by molar-refractivity contribution is 5.94. The van der Waals surface area contributed by atoms with Crippen molar-refractivity contribution in [1.29, 1.82) is 0 Å².